The normalized spacial score (nSPS) is 13.9. The average Bonchev–Trinajstić information content (AvgIpc) is 3.53. The molecule has 2 aliphatic rings. The van der Waals surface area contributed by atoms with E-state index in [1.807, 2.05) is 11.3 Å². The zero-order chi connectivity index (χ0) is 26.3. The number of anilines is 2. The number of thiophene rings is 1. The molecule has 1 N–H and O–H groups in total. The molecule has 1 spiro atoms. The van der Waals surface area contributed by atoms with Gasteiger partial charge in [0.25, 0.3) is 0 Å². The Hall–Kier alpha value is -4.86. The minimum atomic E-state index is -0.462. The predicted octanol–water partition coefficient (Wildman–Crippen LogP) is 10.3. The fraction of sp³-hybridized carbons (Fsp3) is 0.0270. The first kappa shape index (κ1) is 22.0. The molecule has 188 valence electrons. The van der Waals surface area contributed by atoms with Crippen LogP contribution in [0.1, 0.15) is 22.3 Å². The van der Waals surface area contributed by atoms with Crippen molar-refractivity contribution in [3.8, 4) is 22.6 Å². The van der Waals surface area contributed by atoms with Crippen LogP contribution in [0.5, 0.6) is 11.5 Å². The molecule has 1 aliphatic carbocycles. The lowest BCUT2D eigenvalue weighted by molar-refractivity contribution is 0.436. The van der Waals surface area contributed by atoms with Gasteiger partial charge in [-0.25, -0.2) is 0 Å². The molecule has 0 amide bonds. The number of fused-ring (bicyclic) bond motifs is 12. The molecule has 0 atom stereocenters. The van der Waals surface area contributed by atoms with Gasteiger partial charge >= 0.3 is 0 Å². The number of para-hydroxylation sites is 2. The molecular formula is C37H23NOS. The molecule has 3 heteroatoms. The van der Waals surface area contributed by atoms with Crippen molar-refractivity contribution in [1.29, 1.82) is 0 Å². The van der Waals surface area contributed by atoms with Crippen molar-refractivity contribution in [3.63, 3.8) is 0 Å². The lowest BCUT2D eigenvalue weighted by Crippen LogP contribution is -2.32. The molecule has 40 heavy (non-hydrogen) atoms. The SMILES string of the molecule is c1ccc2c(c1)Oc1ccccc1C21c2ccccc2-c2c(Nc3cccc4sc5ccccc5c34)cccc21. The highest BCUT2D eigenvalue weighted by atomic mass is 32.1. The molecule has 0 unspecified atom stereocenters. The van der Waals surface area contributed by atoms with Crippen molar-refractivity contribution >= 4 is 42.9 Å². The summed E-state index contributed by atoms with van der Waals surface area (Å²) in [7, 11) is 0. The molecule has 6 aromatic carbocycles. The minimum absolute atomic E-state index is 0.462. The second kappa shape index (κ2) is 8.08. The summed E-state index contributed by atoms with van der Waals surface area (Å²) in [6, 6.07) is 47.9. The third-order valence-electron chi connectivity index (χ3n) is 8.54. The van der Waals surface area contributed by atoms with Gasteiger partial charge in [-0.2, -0.15) is 0 Å². The molecule has 1 aromatic heterocycles. The molecule has 0 saturated heterocycles. The van der Waals surface area contributed by atoms with Crippen molar-refractivity contribution in [1.82, 2.24) is 0 Å². The van der Waals surface area contributed by atoms with E-state index in [1.165, 1.54) is 53.6 Å². The van der Waals surface area contributed by atoms with Crippen molar-refractivity contribution < 1.29 is 4.74 Å². The van der Waals surface area contributed by atoms with Crippen molar-refractivity contribution in [3.05, 3.63) is 156 Å². The maximum absolute atomic E-state index is 6.49. The van der Waals surface area contributed by atoms with Crippen LogP contribution in [0.4, 0.5) is 11.4 Å². The van der Waals surface area contributed by atoms with Crippen LogP contribution in [0.2, 0.25) is 0 Å². The van der Waals surface area contributed by atoms with E-state index in [9.17, 15) is 0 Å². The fourth-order valence-electron chi connectivity index (χ4n) is 7.03. The number of hydrogen-bond acceptors (Lipinski definition) is 3. The summed E-state index contributed by atoms with van der Waals surface area (Å²) in [5.74, 6) is 1.83. The lowest BCUT2D eigenvalue weighted by Gasteiger charge is -2.39. The second-order valence-electron chi connectivity index (χ2n) is 10.5. The quantitative estimate of drug-likeness (QED) is 0.240. The van der Waals surface area contributed by atoms with E-state index in [2.05, 4.69) is 139 Å². The van der Waals surface area contributed by atoms with Gasteiger partial charge in [0.1, 0.15) is 11.5 Å². The maximum atomic E-state index is 6.49. The molecule has 0 fully saturated rings. The van der Waals surface area contributed by atoms with Crippen LogP contribution in [-0.4, -0.2) is 0 Å². The van der Waals surface area contributed by atoms with Gasteiger partial charge in [0.2, 0.25) is 0 Å². The second-order valence-corrected chi connectivity index (χ2v) is 11.6. The number of rotatable bonds is 2. The van der Waals surface area contributed by atoms with E-state index in [0.29, 0.717) is 0 Å². The summed E-state index contributed by atoms with van der Waals surface area (Å²) in [5.41, 5.74) is 9.24. The molecule has 9 rings (SSSR count). The smallest absolute Gasteiger partial charge is 0.132 e. The summed E-state index contributed by atoms with van der Waals surface area (Å²) in [6.07, 6.45) is 0. The zero-order valence-corrected chi connectivity index (χ0v) is 22.3. The fourth-order valence-corrected chi connectivity index (χ4v) is 8.16. The van der Waals surface area contributed by atoms with Gasteiger partial charge in [0.15, 0.2) is 0 Å². The molecule has 1 aliphatic heterocycles. The van der Waals surface area contributed by atoms with Crippen LogP contribution >= 0.6 is 11.3 Å². The minimum Gasteiger partial charge on any atom is -0.457 e. The average molecular weight is 530 g/mol. The predicted molar refractivity (Wildman–Crippen MR) is 166 cm³/mol. The lowest BCUT2D eigenvalue weighted by atomic mass is 9.66. The standard InChI is InChI=1S/C37H23NOS/c1-3-13-25-23(11-1)35-28(37(25)26-14-4-6-19-31(26)39-32-20-7-5-15-27(32)37)16-9-17-29(35)38-30-18-10-22-34-36(30)24-12-2-8-21-33(24)40-34/h1-22,38H. The molecule has 0 bridgehead atoms. The highest BCUT2D eigenvalue weighted by Crippen LogP contribution is 2.63. The van der Waals surface area contributed by atoms with E-state index < -0.39 is 5.41 Å². The van der Waals surface area contributed by atoms with E-state index in [0.717, 1.165) is 22.9 Å². The summed E-state index contributed by atoms with van der Waals surface area (Å²) >= 11 is 1.85. The first-order valence-electron chi connectivity index (χ1n) is 13.6. The van der Waals surface area contributed by atoms with Gasteiger partial charge in [0.05, 0.1) is 5.41 Å². The monoisotopic (exact) mass is 529 g/mol. The number of benzene rings is 6. The Morgan fingerprint density at radius 1 is 0.500 bits per heavy atom. The Kier molecular flexibility index (Phi) is 4.44. The first-order chi connectivity index (χ1) is 19.8. The van der Waals surface area contributed by atoms with Crippen LogP contribution in [-0.2, 0) is 5.41 Å². The van der Waals surface area contributed by atoms with E-state index in [1.54, 1.807) is 0 Å². The van der Waals surface area contributed by atoms with Crippen LogP contribution < -0.4 is 10.1 Å². The van der Waals surface area contributed by atoms with Crippen LogP contribution in [0.3, 0.4) is 0 Å². The van der Waals surface area contributed by atoms with E-state index >= 15 is 0 Å². The van der Waals surface area contributed by atoms with Gasteiger partial charge in [-0.15, -0.1) is 11.3 Å². The molecule has 2 heterocycles. The highest BCUT2D eigenvalue weighted by Gasteiger charge is 2.51. The largest absolute Gasteiger partial charge is 0.457 e. The third-order valence-corrected chi connectivity index (χ3v) is 9.68. The topological polar surface area (TPSA) is 21.3 Å². The van der Waals surface area contributed by atoms with Gasteiger partial charge in [-0.05, 0) is 53.1 Å². The Balaban J connectivity index is 1.35. The van der Waals surface area contributed by atoms with E-state index in [-0.39, 0.29) is 0 Å². The number of hydrogen-bond donors (Lipinski definition) is 1. The molecule has 2 nitrogen and oxygen atoms in total. The van der Waals surface area contributed by atoms with Gasteiger partial charge in [-0.3, -0.25) is 0 Å². The van der Waals surface area contributed by atoms with Crippen molar-refractivity contribution in [2.45, 2.75) is 5.41 Å². The van der Waals surface area contributed by atoms with Crippen LogP contribution in [0.15, 0.2) is 133 Å². The summed E-state index contributed by atoms with van der Waals surface area (Å²) in [5, 5.41) is 6.49. The Morgan fingerprint density at radius 3 is 1.93 bits per heavy atom. The molecule has 7 aromatic rings. The number of ether oxygens (including phenoxy) is 1. The summed E-state index contributed by atoms with van der Waals surface area (Å²) in [6.45, 7) is 0. The van der Waals surface area contributed by atoms with E-state index in [4.69, 9.17) is 4.74 Å². The molecule has 0 saturated carbocycles. The Bertz CT molecular complexity index is 2090. The third kappa shape index (κ3) is 2.77. The van der Waals surface area contributed by atoms with Crippen molar-refractivity contribution in [2.24, 2.45) is 0 Å². The molecular weight excluding hydrogens is 506 g/mol. The molecule has 0 radical (unpaired) electrons. The van der Waals surface area contributed by atoms with Crippen molar-refractivity contribution in [2.75, 3.05) is 5.32 Å². The van der Waals surface area contributed by atoms with Crippen LogP contribution in [0.25, 0.3) is 31.3 Å². The zero-order valence-electron chi connectivity index (χ0n) is 21.5. The first-order valence-corrected chi connectivity index (χ1v) is 14.4. The van der Waals surface area contributed by atoms with Gasteiger partial charge < -0.3 is 10.1 Å². The maximum Gasteiger partial charge on any atom is 0.132 e. The number of nitrogens with one attached hydrogen (secondary N) is 1. The Morgan fingerprint density at radius 2 is 1.10 bits per heavy atom. The van der Waals surface area contributed by atoms with Gasteiger partial charge in [-0.1, -0.05) is 97.1 Å². The highest BCUT2D eigenvalue weighted by molar-refractivity contribution is 7.25. The van der Waals surface area contributed by atoms with Crippen LogP contribution in [0, 0.1) is 0 Å². The summed E-state index contributed by atoms with van der Waals surface area (Å²) < 4.78 is 9.09. The summed E-state index contributed by atoms with van der Waals surface area (Å²) in [4.78, 5) is 0. The van der Waals surface area contributed by atoms with Gasteiger partial charge in [0, 0.05) is 48.2 Å². The Labute approximate surface area is 236 Å².